The van der Waals surface area contributed by atoms with Crippen molar-refractivity contribution in [2.45, 2.75) is 144 Å². The van der Waals surface area contributed by atoms with Crippen LogP contribution in [-0.4, -0.2) is 106 Å². The minimum absolute atomic E-state index is 0.207. The van der Waals surface area contributed by atoms with Crippen LogP contribution in [0.5, 0.6) is 0 Å². The molecule has 3 aliphatic carbocycles. The Balaban J connectivity index is 0.000000260. The van der Waals surface area contributed by atoms with E-state index < -0.39 is 0 Å². The van der Waals surface area contributed by atoms with Crippen LogP contribution in [0.15, 0.2) is 0 Å². The molecule has 0 spiro atoms. The molecule has 0 aromatic rings. The van der Waals surface area contributed by atoms with E-state index in [2.05, 4.69) is 34.6 Å². The lowest BCUT2D eigenvalue weighted by Crippen LogP contribution is -2.46. The first-order valence-corrected chi connectivity index (χ1v) is 20.4. The Bertz CT molecular complexity index is 753. The summed E-state index contributed by atoms with van der Waals surface area (Å²) in [5.74, 6) is 0. The molecular weight excluding hydrogens is 620 g/mol. The number of methoxy groups -OCH3 is 1. The average Bonchev–Trinajstić information content (AvgIpc) is 3.04. The zero-order valence-electron chi connectivity index (χ0n) is 33.3. The number of ether oxygens (including phenoxy) is 8. The minimum atomic E-state index is 0.207. The van der Waals surface area contributed by atoms with Gasteiger partial charge in [0, 0.05) is 32.3 Å². The summed E-state index contributed by atoms with van der Waals surface area (Å²) < 4.78 is 44.0. The number of hydrogen-bond donors (Lipinski definition) is 0. The van der Waals surface area contributed by atoms with Crippen LogP contribution in [0.3, 0.4) is 0 Å². The van der Waals surface area contributed by atoms with Crippen molar-refractivity contribution in [2.24, 2.45) is 21.7 Å². The molecule has 4 aliphatic rings. The fourth-order valence-corrected chi connectivity index (χ4v) is 6.91. The third kappa shape index (κ3) is 16.9. The van der Waals surface area contributed by atoms with Gasteiger partial charge in [0.1, 0.15) is 0 Å². The summed E-state index contributed by atoms with van der Waals surface area (Å²) in [6, 6.07) is 0. The van der Waals surface area contributed by atoms with Gasteiger partial charge in [-0.25, -0.2) is 0 Å². The minimum Gasteiger partial charge on any atom is -0.382 e. The second kappa shape index (κ2) is 25.6. The van der Waals surface area contributed by atoms with Crippen molar-refractivity contribution in [2.75, 3.05) is 99.6 Å². The Kier molecular flexibility index (Phi) is 23.4. The molecule has 8 nitrogen and oxygen atoms in total. The molecule has 0 amide bonds. The smallest absolute Gasteiger partial charge is 0.0780 e. The first kappa shape index (κ1) is 44.8. The highest BCUT2D eigenvalue weighted by Crippen LogP contribution is 2.45. The van der Waals surface area contributed by atoms with Crippen LogP contribution in [0.4, 0.5) is 0 Å². The lowest BCUT2D eigenvalue weighted by Gasteiger charge is -2.42. The van der Waals surface area contributed by atoms with Crippen molar-refractivity contribution in [3.63, 3.8) is 0 Å². The third-order valence-corrected chi connectivity index (χ3v) is 12.1. The molecular formula is C41H80O8. The Morgan fingerprint density at radius 2 is 0.959 bits per heavy atom. The zero-order chi connectivity index (χ0) is 35.7. The fourth-order valence-electron chi connectivity index (χ4n) is 6.91. The van der Waals surface area contributed by atoms with Gasteiger partial charge >= 0.3 is 0 Å². The van der Waals surface area contributed by atoms with Gasteiger partial charge in [0.15, 0.2) is 0 Å². The predicted molar refractivity (Wildman–Crippen MR) is 200 cm³/mol. The van der Waals surface area contributed by atoms with Gasteiger partial charge in [-0.1, -0.05) is 47.0 Å². The number of rotatable bonds is 27. The van der Waals surface area contributed by atoms with Gasteiger partial charge in [-0.2, -0.15) is 0 Å². The molecule has 49 heavy (non-hydrogen) atoms. The van der Waals surface area contributed by atoms with E-state index in [1.807, 2.05) is 6.92 Å². The quantitative estimate of drug-likeness (QED) is 0.0787. The third-order valence-electron chi connectivity index (χ3n) is 12.1. The molecule has 4 rings (SSSR count). The second-order valence-electron chi connectivity index (χ2n) is 15.7. The average molecular weight is 701 g/mol. The van der Waals surface area contributed by atoms with E-state index in [4.69, 9.17) is 37.9 Å². The van der Waals surface area contributed by atoms with Crippen molar-refractivity contribution < 1.29 is 37.9 Å². The summed E-state index contributed by atoms with van der Waals surface area (Å²) in [6.07, 6.45) is 19.6. The van der Waals surface area contributed by atoms with Gasteiger partial charge < -0.3 is 37.9 Å². The molecule has 3 saturated carbocycles. The van der Waals surface area contributed by atoms with Crippen molar-refractivity contribution in [1.82, 2.24) is 0 Å². The molecule has 0 bridgehead atoms. The summed E-state index contributed by atoms with van der Waals surface area (Å²) in [5, 5.41) is 0. The normalized spacial score (nSPS) is 21.4. The van der Waals surface area contributed by atoms with Gasteiger partial charge in [0.25, 0.3) is 0 Å². The molecule has 0 radical (unpaired) electrons. The van der Waals surface area contributed by atoms with E-state index in [0.717, 1.165) is 91.9 Å². The summed E-state index contributed by atoms with van der Waals surface area (Å²) in [5.41, 5.74) is 1.85. The van der Waals surface area contributed by atoms with E-state index in [1.165, 1.54) is 77.0 Å². The summed E-state index contributed by atoms with van der Waals surface area (Å²) in [4.78, 5) is 0. The van der Waals surface area contributed by atoms with E-state index in [0.29, 0.717) is 41.5 Å². The molecule has 0 N–H and O–H groups in total. The first-order valence-electron chi connectivity index (χ1n) is 20.4. The van der Waals surface area contributed by atoms with E-state index >= 15 is 0 Å². The fraction of sp³-hybridized carbons (Fsp3) is 1.00. The highest BCUT2D eigenvalue weighted by atomic mass is 16.5. The predicted octanol–water partition coefficient (Wildman–Crippen LogP) is 9.06. The van der Waals surface area contributed by atoms with Gasteiger partial charge in [-0.05, 0) is 107 Å². The highest BCUT2D eigenvalue weighted by molar-refractivity contribution is 4.88. The largest absolute Gasteiger partial charge is 0.382 e. The number of unbranched alkanes of at least 4 members (excludes halogenated alkanes) is 1. The SMILES string of the molecule is CCC1(COCC(C)OCC2(CC)CCC2)COC1.CCC1(COCCCCOCCOC)CCC1.CCOCCOCC1(CC)CCC1. The maximum atomic E-state index is 5.98. The van der Waals surface area contributed by atoms with Crippen LogP contribution in [0.1, 0.15) is 138 Å². The van der Waals surface area contributed by atoms with Crippen LogP contribution in [0.2, 0.25) is 0 Å². The summed E-state index contributed by atoms with van der Waals surface area (Å²) in [6.45, 7) is 24.7. The van der Waals surface area contributed by atoms with Gasteiger partial charge in [0.05, 0.1) is 78.8 Å². The Labute approximate surface area is 302 Å². The van der Waals surface area contributed by atoms with Crippen molar-refractivity contribution >= 4 is 0 Å². The molecule has 1 unspecified atom stereocenters. The maximum absolute atomic E-state index is 5.98. The van der Waals surface area contributed by atoms with Crippen molar-refractivity contribution in [3.8, 4) is 0 Å². The Hall–Kier alpha value is -0.320. The van der Waals surface area contributed by atoms with Crippen LogP contribution in [-0.2, 0) is 37.9 Å². The molecule has 8 heteroatoms. The van der Waals surface area contributed by atoms with Gasteiger partial charge in [0.2, 0.25) is 0 Å². The lowest BCUT2D eigenvalue weighted by molar-refractivity contribution is -0.159. The molecule has 1 aliphatic heterocycles. The molecule has 0 aromatic carbocycles. The van der Waals surface area contributed by atoms with E-state index in [1.54, 1.807) is 7.11 Å². The first-order chi connectivity index (χ1) is 23.8. The van der Waals surface area contributed by atoms with Crippen LogP contribution >= 0.6 is 0 Å². The molecule has 4 fully saturated rings. The standard InChI is InChI=1S/C16H30O3.C14H28O3.C11H22O2/c1-4-15(7-6-8-15)13-19-14(3)9-17-10-16(5-2)11-18-12-16;1-3-14(7-6-8-14)13-17-10-5-4-9-16-12-11-15-2;1-3-11(6-5-7-11)10-13-9-8-12-4-2/h14H,4-13H2,1-3H3;3-13H2,1-2H3;3-10H2,1-2H3. The molecule has 292 valence electrons. The Morgan fingerprint density at radius 1 is 0.510 bits per heavy atom. The topological polar surface area (TPSA) is 73.8 Å². The maximum Gasteiger partial charge on any atom is 0.0780 e. The van der Waals surface area contributed by atoms with Crippen molar-refractivity contribution in [3.05, 3.63) is 0 Å². The molecule has 0 aromatic heterocycles. The molecule has 1 atom stereocenters. The van der Waals surface area contributed by atoms with Crippen LogP contribution < -0.4 is 0 Å². The monoisotopic (exact) mass is 701 g/mol. The summed E-state index contributed by atoms with van der Waals surface area (Å²) in [7, 11) is 1.70. The number of hydrogen-bond acceptors (Lipinski definition) is 8. The zero-order valence-corrected chi connectivity index (χ0v) is 33.3. The highest BCUT2D eigenvalue weighted by Gasteiger charge is 2.38. The van der Waals surface area contributed by atoms with Gasteiger partial charge in [-0.3, -0.25) is 0 Å². The second-order valence-corrected chi connectivity index (χ2v) is 15.7. The molecule has 1 saturated heterocycles. The summed E-state index contributed by atoms with van der Waals surface area (Å²) >= 11 is 0. The van der Waals surface area contributed by atoms with Crippen molar-refractivity contribution in [1.29, 1.82) is 0 Å². The van der Waals surface area contributed by atoms with E-state index in [-0.39, 0.29) is 6.10 Å². The lowest BCUT2D eigenvalue weighted by atomic mass is 9.68. The molecule has 1 heterocycles. The van der Waals surface area contributed by atoms with Gasteiger partial charge in [-0.15, -0.1) is 0 Å². The van der Waals surface area contributed by atoms with Crippen LogP contribution in [0.25, 0.3) is 0 Å². The van der Waals surface area contributed by atoms with E-state index in [9.17, 15) is 0 Å². The Morgan fingerprint density at radius 3 is 1.39 bits per heavy atom. The van der Waals surface area contributed by atoms with Crippen LogP contribution in [0, 0.1) is 21.7 Å².